The molecule has 0 bridgehead atoms. The number of aliphatic carboxylic acids is 1. The highest BCUT2D eigenvalue weighted by molar-refractivity contribution is 5.80. The number of nitrogens with one attached hydrogen (secondary N) is 1. The summed E-state index contributed by atoms with van der Waals surface area (Å²) in [6, 6.07) is 15.6. The first-order valence-electron chi connectivity index (χ1n) is 12.3. The first-order valence-corrected chi connectivity index (χ1v) is 12.3. The molecule has 4 rings (SSSR count). The average molecular weight is 479 g/mol. The second-order valence-electron chi connectivity index (χ2n) is 10.6. The van der Waals surface area contributed by atoms with Gasteiger partial charge in [0.1, 0.15) is 6.61 Å². The molecule has 0 radical (unpaired) electrons. The Morgan fingerprint density at radius 2 is 1.66 bits per heavy atom. The monoisotopic (exact) mass is 478 g/mol. The molecule has 7 nitrogen and oxygen atoms in total. The summed E-state index contributed by atoms with van der Waals surface area (Å²) < 4.78 is 5.69. The van der Waals surface area contributed by atoms with Crippen LogP contribution in [0.25, 0.3) is 11.1 Å². The predicted molar refractivity (Wildman–Crippen MR) is 133 cm³/mol. The highest BCUT2D eigenvalue weighted by Crippen LogP contribution is 2.44. The molecule has 186 valence electrons. The number of hydrogen-bond donors (Lipinski definition) is 2. The SMILES string of the molecule is CC(C)(C)C(CC(=O)N1CCCC1CC(=O)O)NC(=O)OCC1c2ccccc2-c2ccccc21. The van der Waals surface area contributed by atoms with Gasteiger partial charge < -0.3 is 20.1 Å². The Hall–Kier alpha value is -3.35. The van der Waals surface area contributed by atoms with Crippen LogP contribution in [0.1, 0.15) is 63.5 Å². The van der Waals surface area contributed by atoms with Crippen LogP contribution in [0.15, 0.2) is 48.5 Å². The Balaban J connectivity index is 1.40. The first-order chi connectivity index (χ1) is 16.6. The van der Waals surface area contributed by atoms with E-state index in [1.165, 1.54) is 0 Å². The summed E-state index contributed by atoms with van der Waals surface area (Å²) in [4.78, 5) is 38.7. The molecule has 2 N–H and O–H groups in total. The smallest absolute Gasteiger partial charge is 0.407 e. The second kappa shape index (κ2) is 10.1. The Kier molecular flexibility index (Phi) is 7.15. The molecule has 0 spiro atoms. The minimum atomic E-state index is -0.904. The lowest BCUT2D eigenvalue weighted by molar-refractivity contribution is -0.140. The van der Waals surface area contributed by atoms with Crippen LogP contribution < -0.4 is 5.32 Å². The number of fused-ring (bicyclic) bond motifs is 3. The zero-order valence-electron chi connectivity index (χ0n) is 20.6. The van der Waals surface area contributed by atoms with Crippen molar-refractivity contribution in [3.8, 4) is 11.1 Å². The van der Waals surface area contributed by atoms with E-state index < -0.39 is 18.1 Å². The molecular formula is C28H34N2O5. The van der Waals surface area contributed by atoms with Crippen molar-refractivity contribution in [2.75, 3.05) is 13.2 Å². The fourth-order valence-corrected chi connectivity index (χ4v) is 5.23. The summed E-state index contributed by atoms with van der Waals surface area (Å²) >= 11 is 0. The largest absolute Gasteiger partial charge is 0.481 e. The average Bonchev–Trinajstić information content (AvgIpc) is 3.38. The van der Waals surface area contributed by atoms with Crippen LogP contribution in [0.5, 0.6) is 0 Å². The standard InChI is InChI=1S/C28H34N2O5/c1-28(2,3)24(16-25(31)30-14-8-9-18(30)15-26(32)33)29-27(34)35-17-23-21-12-6-4-10-19(21)20-11-5-7-13-22(20)23/h4-7,10-13,18,23-24H,8-9,14-17H2,1-3H3,(H,29,34)(H,32,33). The van der Waals surface area contributed by atoms with E-state index in [4.69, 9.17) is 9.84 Å². The number of carboxylic acids is 1. The topological polar surface area (TPSA) is 95.9 Å². The number of ether oxygens (including phenoxy) is 1. The van der Waals surface area contributed by atoms with Crippen LogP contribution in [0.3, 0.4) is 0 Å². The summed E-state index contributed by atoms with van der Waals surface area (Å²) in [5, 5.41) is 12.1. The number of carbonyl (C=O) groups is 3. The summed E-state index contributed by atoms with van der Waals surface area (Å²) in [7, 11) is 0. The molecule has 2 aromatic carbocycles. The Morgan fingerprint density at radius 1 is 1.06 bits per heavy atom. The lowest BCUT2D eigenvalue weighted by atomic mass is 9.84. The lowest BCUT2D eigenvalue weighted by Crippen LogP contribution is -2.48. The number of likely N-dealkylation sites (tertiary alicyclic amines) is 1. The van der Waals surface area contributed by atoms with Crippen molar-refractivity contribution < 1.29 is 24.2 Å². The van der Waals surface area contributed by atoms with Gasteiger partial charge in [0.2, 0.25) is 5.91 Å². The Bertz CT molecular complexity index is 1060. The number of carbonyl (C=O) groups excluding carboxylic acids is 2. The van der Waals surface area contributed by atoms with Gasteiger partial charge in [-0.05, 0) is 40.5 Å². The maximum Gasteiger partial charge on any atom is 0.407 e. The number of carboxylic acid groups (broad SMARTS) is 1. The van der Waals surface area contributed by atoms with Crippen LogP contribution in [-0.4, -0.2) is 53.2 Å². The third-order valence-electron chi connectivity index (χ3n) is 7.17. The third kappa shape index (κ3) is 5.50. The van der Waals surface area contributed by atoms with E-state index in [-0.39, 0.29) is 42.7 Å². The van der Waals surface area contributed by atoms with Crippen molar-refractivity contribution in [1.29, 1.82) is 0 Å². The maximum absolute atomic E-state index is 13.1. The Labute approximate surface area is 206 Å². The molecule has 0 aromatic heterocycles. The van der Waals surface area contributed by atoms with E-state index in [1.807, 2.05) is 45.0 Å². The number of hydrogen-bond acceptors (Lipinski definition) is 4. The van der Waals surface area contributed by atoms with Crippen LogP contribution in [0.2, 0.25) is 0 Å². The van der Waals surface area contributed by atoms with Crippen molar-refractivity contribution in [2.45, 2.75) is 64.5 Å². The molecular weight excluding hydrogens is 444 g/mol. The molecule has 35 heavy (non-hydrogen) atoms. The van der Waals surface area contributed by atoms with Crippen LogP contribution in [0.4, 0.5) is 4.79 Å². The first kappa shape index (κ1) is 24.8. The van der Waals surface area contributed by atoms with E-state index in [2.05, 4.69) is 29.6 Å². The molecule has 1 fully saturated rings. The number of alkyl carbamates (subject to hydrolysis) is 1. The van der Waals surface area contributed by atoms with Gasteiger partial charge in [-0.3, -0.25) is 9.59 Å². The molecule has 2 amide bonds. The quantitative estimate of drug-likeness (QED) is 0.596. The molecule has 2 atom stereocenters. The second-order valence-corrected chi connectivity index (χ2v) is 10.6. The van der Waals surface area contributed by atoms with Gasteiger partial charge in [-0.25, -0.2) is 4.79 Å². The van der Waals surface area contributed by atoms with Gasteiger partial charge in [0, 0.05) is 31.0 Å². The van der Waals surface area contributed by atoms with Gasteiger partial charge in [0.25, 0.3) is 0 Å². The summed E-state index contributed by atoms with van der Waals surface area (Å²) in [5.74, 6) is -1.07. The predicted octanol–water partition coefficient (Wildman–Crippen LogP) is 4.80. The van der Waals surface area contributed by atoms with Crippen molar-refractivity contribution in [2.24, 2.45) is 5.41 Å². The molecule has 2 aliphatic rings. The molecule has 2 unspecified atom stereocenters. The van der Waals surface area contributed by atoms with E-state index in [1.54, 1.807) is 4.90 Å². The molecule has 1 heterocycles. The summed E-state index contributed by atoms with van der Waals surface area (Å²) in [6.45, 7) is 6.66. The highest BCUT2D eigenvalue weighted by Gasteiger charge is 2.36. The number of nitrogens with zero attached hydrogens (tertiary/aromatic N) is 1. The van der Waals surface area contributed by atoms with Crippen molar-refractivity contribution >= 4 is 18.0 Å². The number of benzene rings is 2. The lowest BCUT2D eigenvalue weighted by Gasteiger charge is -2.33. The van der Waals surface area contributed by atoms with Crippen LogP contribution >= 0.6 is 0 Å². The van der Waals surface area contributed by atoms with Gasteiger partial charge >= 0.3 is 12.1 Å². The summed E-state index contributed by atoms with van der Waals surface area (Å²) in [5.41, 5.74) is 4.22. The van der Waals surface area contributed by atoms with E-state index >= 15 is 0 Å². The molecule has 1 aliphatic carbocycles. The minimum Gasteiger partial charge on any atom is -0.481 e. The summed E-state index contributed by atoms with van der Waals surface area (Å²) in [6.07, 6.45) is 0.986. The highest BCUT2D eigenvalue weighted by atomic mass is 16.5. The number of amides is 2. The van der Waals surface area contributed by atoms with E-state index in [9.17, 15) is 14.4 Å². The van der Waals surface area contributed by atoms with E-state index in [0.29, 0.717) is 13.0 Å². The van der Waals surface area contributed by atoms with Gasteiger partial charge in [-0.15, -0.1) is 0 Å². The molecule has 7 heteroatoms. The molecule has 2 aromatic rings. The van der Waals surface area contributed by atoms with E-state index in [0.717, 1.165) is 28.7 Å². The van der Waals surface area contributed by atoms with Gasteiger partial charge in [-0.1, -0.05) is 69.3 Å². The zero-order chi connectivity index (χ0) is 25.2. The fraction of sp³-hybridized carbons (Fsp3) is 0.464. The van der Waals surface area contributed by atoms with Crippen LogP contribution in [0, 0.1) is 5.41 Å². The zero-order valence-corrected chi connectivity index (χ0v) is 20.6. The molecule has 1 saturated heterocycles. The van der Waals surface area contributed by atoms with Gasteiger partial charge in [0.15, 0.2) is 0 Å². The van der Waals surface area contributed by atoms with Crippen molar-refractivity contribution in [3.63, 3.8) is 0 Å². The third-order valence-corrected chi connectivity index (χ3v) is 7.17. The van der Waals surface area contributed by atoms with Gasteiger partial charge in [0.05, 0.1) is 6.42 Å². The maximum atomic E-state index is 13.1. The fourth-order valence-electron chi connectivity index (χ4n) is 5.23. The van der Waals surface area contributed by atoms with Crippen molar-refractivity contribution in [1.82, 2.24) is 10.2 Å². The van der Waals surface area contributed by atoms with Crippen LogP contribution in [-0.2, 0) is 14.3 Å². The Morgan fingerprint density at radius 3 is 2.23 bits per heavy atom. The molecule has 0 saturated carbocycles. The number of rotatable bonds is 7. The normalized spacial score (nSPS) is 18.0. The van der Waals surface area contributed by atoms with Gasteiger partial charge in [-0.2, -0.15) is 0 Å². The minimum absolute atomic E-state index is 0.0377. The molecule has 1 aliphatic heterocycles. The van der Waals surface area contributed by atoms with Crippen molar-refractivity contribution in [3.05, 3.63) is 59.7 Å².